The molecule has 0 unspecified atom stereocenters. The molecule has 0 aromatic carbocycles. The zero-order valence-electron chi connectivity index (χ0n) is 3.85. The second-order valence-corrected chi connectivity index (χ2v) is 1.01. The highest BCUT2D eigenvalue weighted by Gasteiger charge is 1.86. The molecule has 0 aromatic rings. The minimum atomic E-state index is -0.461. The summed E-state index contributed by atoms with van der Waals surface area (Å²) in [5.41, 5.74) is 5.09. The summed E-state index contributed by atoms with van der Waals surface area (Å²) in [5.74, 6) is 0. The summed E-state index contributed by atoms with van der Waals surface area (Å²) in [6.07, 6.45) is 2.37. The van der Waals surface area contributed by atoms with E-state index in [1.165, 1.54) is 12.5 Å². The van der Waals surface area contributed by atoms with Crippen LogP contribution in [-0.2, 0) is 4.79 Å². The van der Waals surface area contributed by atoms with E-state index in [4.69, 9.17) is 5.73 Å². The fraction of sp³-hybridized carbons (Fsp3) is 0.250. The van der Waals surface area contributed by atoms with Gasteiger partial charge in [0.25, 0.3) is 0 Å². The number of nitrogens with one attached hydrogen (secondary N) is 1. The first-order chi connectivity index (χ1) is 3.31. The Morgan fingerprint density at radius 3 is 2.71 bits per heavy atom. The highest BCUT2D eigenvalue weighted by atomic mass is 16.1. The van der Waals surface area contributed by atoms with Crippen LogP contribution >= 0.6 is 0 Å². The normalized spacial score (nSPS) is 12.1. The molecule has 3 N–H and O–H groups in total. The number of hydrogen-bond donors (Lipinski definition) is 2. The van der Waals surface area contributed by atoms with E-state index in [1.54, 1.807) is 0 Å². The number of carbonyl (C=O) groups excluding carboxylic acids is 1. The van der Waals surface area contributed by atoms with Gasteiger partial charge in [-0.25, -0.2) is 0 Å². The minimum absolute atomic E-state index is 0.461. The van der Waals surface area contributed by atoms with Crippen molar-refractivity contribution in [3.05, 3.63) is 12.7 Å². The average Bonchev–Trinajstić information content (AvgIpc) is 1.68. The Morgan fingerprint density at radius 1 is 2.00 bits per heavy atom. The van der Waals surface area contributed by atoms with Crippen LogP contribution in [0.25, 0.3) is 0 Å². The van der Waals surface area contributed by atoms with Gasteiger partial charge in [0.05, 0.1) is 6.17 Å². The molecule has 3 nitrogen and oxygen atoms in total. The number of rotatable bonds is 3. The van der Waals surface area contributed by atoms with Crippen molar-refractivity contribution in [3.8, 4) is 0 Å². The Labute approximate surface area is 42.2 Å². The van der Waals surface area contributed by atoms with Gasteiger partial charge in [-0.15, -0.1) is 0 Å². The maximum atomic E-state index is 9.41. The molecule has 0 saturated heterocycles. The molecule has 0 heterocycles. The van der Waals surface area contributed by atoms with Gasteiger partial charge in [0, 0.05) is 0 Å². The molecule has 1 amide bonds. The highest BCUT2D eigenvalue weighted by molar-refractivity contribution is 5.47. The summed E-state index contributed by atoms with van der Waals surface area (Å²) >= 11 is 0. The summed E-state index contributed by atoms with van der Waals surface area (Å²) in [6, 6.07) is 0. The lowest BCUT2D eigenvalue weighted by molar-refractivity contribution is 0.535. The van der Waals surface area contributed by atoms with E-state index < -0.39 is 6.17 Å². The number of amides is 1. The fourth-order valence-corrected chi connectivity index (χ4v) is 0.127. The second kappa shape index (κ2) is 3.36. The van der Waals surface area contributed by atoms with Crippen LogP contribution in [0.4, 0.5) is 0 Å². The third-order valence-corrected chi connectivity index (χ3v) is 0.480. The Morgan fingerprint density at radius 2 is 2.57 bits per heavy atom. The van der Waals surface area contributed by atoms with Gasteiger partial charge in [-0.05, 0) is 0 Å². The number of hydrogen-bond acceptors (Lipinski definition) is 2. The summed E-state index contributed by atoms with van der Waals surface area (Å²) in [5, 5.41) is 2.15. The first-order valence-electron chi connectivity index (χ1n) is 1.82. The van der Waals surface area contributed by atoms with Gasteiger partial charge in [-0.1, -0.05) is 12.7 Å². The van der Waals surface area contributed by atoms with Crippen LogP contribution in [0.3, 0.4) is 0 Å². The van der Waals surface area contributed by atoms with Gasteiger partial charge in [0.1, 0.15) is 0 Å². The van der Waals surface area contributed by atoms with Gasteiger partial charge in [-0.2, -0.15) is 0 Å². The molecular formula is C4H7N2O. The maximum absolute atomic E-state index is 9.41. The van der Waals surface area contributed by atoms with Crippen LogP contribution in [0, 0.1) is 0 Å². The maximum Gasteiger partial charge on any atom is 0.310 e. The van der Waals surface area contributed by atoms with Crippen LogP contribution in [0.15, 0.2) is 12.7 Å². The van der Waals surface area contributed by atoms with E-state index in [0.29, 0.717) is 0 Å². The third kappa shape index (κ3) is 2.99. The van der Waals surface area contributed by atoms with Crippen LogP contribution in [0.2, 0.25) is 0 Å². The summed E-state index contributed by atoms with van der Waals surface area (Å²) < 4.78 is 0. The van der Waals surface area contributed by atoms with E-state index in [2.05, 4.69) is 11.9 Å². The lowest BCUT2D eigenvalue weighted by atomic mass is 10.5. The monoisotopic (exact) mass is 99.1 g/mol. The van der Waals surface area contributed by atoms with Crippen LogP contribution < -0.4 is 11.1 Å². The quantitative estimate of drug-likeness (QED) is 0.274. The standard InChI is InChI=1S/C4H7N2O/c1-2-4(5)6-3-7/h2,4H,1,5H2,(H,6,7)/t4-/m0/s1. The van der Waals surface area contributed by atoms with Crippen molar-refractivity contribution < 1.29 is 4.79 Å². The lowest BCUT2D eigenvalue weighted by Gasteiger charge is -1.98. The van der Waals surface area contributed by atoms with Crippen molar-refractivity contribution in [3.63, 3.8) is 0 Å². The van der Waals surface area contributed by atoms with Crippen molar-refractivity contribution in [1.29, 1.82) is 0 Å². The third-order valence-electron chi connectivity index (χ3n) is 0.480. The molecule has 1 radical (unpaired) electrons. The van der Waals surface area contributed by atoms with Crippen molar-refractivity contribution >= 4 is 6.41 Å². The molecule has 39 valence electrons. The summed E-state index contributed by atoms with van der Waals surface area (Å²) in [6.45, 7) is 3.31. The molecule has 0 aromatic heterocycles. The van der Waals surface area contributed by atoms with Gasteiger partial charge in [0.2, 0.25) is 0 Å². The smallest absolute Gasteiger partial charge is 0.310 e. The Bertz CT molecular complexity index is 72.1. The summed E-state index contributed by atoms with van der Waals surface area (Å²) in [7, 11) is 0. The predicted octanol–water partition coefficient (Wildman–Crippen LogP) is -0.886. The van der Waals surface area contributed by atoms with E-state index >= 15 is 0 Å². The SMILES string of the molecule is C=C[C@@H](N)N[C]=O. The molecule has 0 aliphatic carbocycles. The molecule has 0 rings (SSSR count). The van der Waals surface area contributed by atoms with E-state index in [-0.39, 0.29) is 0 Å². The first kappa shape index (κ1) is 6.17. The molecule has 0 aliphatic heterocycles. The molecule has 0 aliphatic rings. The largest absolute Gasteiger partial charge is 0.329 e. The number of nitrogens with two attached hydrogens (primary N) is 1. The highest BCUT2D eigenvalue weighted by Crippen LogP contribution is 1.63. The molecule has 3 heteroatoms. The van der Waals surface area contributed by atoms with Gasteiger partial charge >= 0.3 is 6.41 Å². The molecule has 1 atom stereocenters. The van der Waals surface area contributed by atoms with Gasteiger partial charge in [0.15, 0.2) is 0 Å². The zero-order chi connectivity index (χ0) is 5.70. The lowest BCUT2D eigenvalue weighted by Crippen LogP contribution is -2.33. The van der Waals surface area contributed by atoms with E-state index in [0.717, 1.165) is 0 Å². The van der Waals surface area contributed by atoms with Crippen molar-refractivity contribution in [2.75, 3.05) is 0 Å². The zero-order valence-corrected chi connectivity index (χ0v) is 3.85. The molecule has 0 saturated carbocycles. The molecule has 0 spiro atoms. The Kier molecular flexibility index (Phi) is 2.96. The van der Waals surface area contributed by atoms with Crippen LogP contribution in [0.5, 0.6) is 0 Å². The van der Waals surface area contributed by atoms with Gasteiger partial charge < -0.3 is 11.1 Å². The van der Waals surface area contributed by atoms with E-state index in [9.17, 15) is 4.79 Å². The van der Waals surface area contributed by atoms with E-state index in [1.807, 2.05) is 0 Å². The molecule has 0 bridgehead atoms. The fourth-order valence-electron chi connectivity index (χ4n) is 0.127. The molecular weight excluding hydrogens is 92.1 g/mol. The van der Waals surface area contributed by atoms with Crippen molar-refractivity contribution in [2.45, 2.75) is 6.17 Å². The molecule has 0 fully saturated rings. The van der Waals surface area contributed by atoms with Crippen molar-refractivity contribution in [2.24, 2.45) is 5.73 Å². The van der Waals surface area contributed by atoms with Crippen LogP contribution in [0.1, 0.15) is 0 Å². The van der Waals surface area contributed by atoms with Crippen LogP contribution in [-0.4, -0.2) is 12.6 Å². The Balaban J connectivity index is 3.15. The first-order valence-corrected chi connectivity index (χ1v) is 1.82. The minimum Gasteiger partial charge on any atom is -0.329 e. The summed E-state index contributed by atoms with van der Waals surface area (Å²) in [4.78, 5) is 9.41. The predicted molar refractivity (Wildman–Crippen MR) is 27.0 cm³/mol. The topological polar surface area (TPSA) is 55.1 Å². The van der Waals surface area contributed by atoms with Gasteiger partial charge in [-0.3, -0.25) is 4.79 Å². The second-order valence-electron chi connectivity index (χ2n) is 1.01. The molecule has 7 heavy (non-hydrogen) atoms. The Hall–Kier alpha value is -0.830. The van der Waals surface area contributed by atoms with Crippen molar-refractivity contribution in [1.82, 2.24) is 5.32 Å². The average molecular weight is 99.1 g/mol.